The Morgan fingerprint density at radius 3 is 2.29 bits per heavy atom. The third-order valence-corrected chi connectivity index (χ3v) is 12.9. The van der Waals surface area contributed by atoms with E-state index in [9.17, 15) is 0 Å². The summed E-state index contributed by atoms with van der Waals surface area (Å²) in [4.78, 5) is 8.67. The van der Waals surface area contributed by atoms with Crippen molar-refractivity contribution in [2.24, 2.45) is 40.9 Å². The maximum atomic E-state index is 6.62. The lowest BCUT2D eigenvalue weighted by molar-refractivity contribution is -0.0815. The van der Waals surface area contributed by atoms with Gasteiger partial charge in [0.25, 0.3) is 0 Å². The Bertz CT molecular complexity index is 806. The molecule has 9 atom stereocenters. The summed E-state index contributed by atoms with van der Waals surface area (Å²) in [5, 5.41) is 0. The van der Waals surface area contributed by atoms with Crippen LogP contribution in [0.1, 0.15) is 106 Å². The number of morpholine rings is 1. The van der Waals surface area contributed by atoms with Gasteiger partial charge in [0.1, 0.15) is 0 Å². The molecule has 2 aliphatic carbocycles. The van der Waals surface area contributed by atoms with Crippen LogP contribution in [-0.2, 0) is 4.74 Å². The molecule has 4 aliphatic heterocycles. The van der Waals surface area contributed by atoms with Crippen molar-refractivity contribution in [2.45, 2.75) is 129 Å². The van der Waals surface area contributed by atoms with E-state index < -0.39 is 0 Å². The van der Waals surface area contributed by atoms with E-state index in [1.54, 1.807) is 0 Å². The number of piperidine rings is 1. The van der Waals surface area contributed by atoms with Crippen LogP contribution >= 0.6 is 0 Å². The van der Waals surface area contributed by atoms with Crippen LogP contribution in [-0.4, -0.2) is 84.3 Å². The molecule has 38 heavy (non-hydrogen) atoms. The fraction of sp³-hybridized carbons (Fsp3) is 1.00. The highest BCUT2D eigenvalue weighted by Gasteiger charge is 2.47. The van der Waals surface area contributed by atoms with Crippen molar-refractivity contribution in [3.05, 3.63) is 0 Å². The van der Waals surface area contributed by atoms with Crippen molar-refractivity contribution in [3.63, 3.8) is 0 Å². The molecule has 4 saturated heterocycles. The van der Waals surface area contributed by atoms with Gasteiger partial charge in [-0.1, -0.05) is 33.6 Å². The Balaban J connectivity index is 1.12. The number of ether oxygens (including phenoxy) is 1. The second-order valence-corrected chi connectivity index (χ2v) is 16.7. The molecule has 0 aromatic carbocycles. The normalized spacial score (nSPS) is 42.2. The zero-order valence-electron chi connectivity index (χ0n) is 26.0. The topological polar surface area (TPSA) is 19.0 Å². The van der Waals surface area contributed by atoms with E-state index >= 15 is 0 Å². The Labute approximate surface area is 235 Å². The summed E-state index contributed by atoms with van der Waals surface area (Å²) in [6.07, 6.45) is 14.7. The molecule has 4 heteroatoms. The van der Waals surface area contributed by atoms with Gasteiger partial charge in [0.2, 0.25) is 0 Å². The Kier molecular flexibility index (Phi) is 8.04. The predicted octanol–water partition coefficient (Wildman–Crippen LogP) is 6.54. The molecule has 4 heterocycles. The van der Waals surface area contributed by atoms with Gasteiger partial charge in [0.05, 0.1) is 12.7 Å². The third-order valence-electron chi connectivity index (χ3n) is 12.9. The lowest BCUT2D eigenvalue weighted by atomic mass is 9.69. The van der Waals surface area contributed by atoms with Crippen LogP contribution in [0.3, 0.4) is 0 Å². The van der Waals surface area contributed by atoms with Crippen LogP contribution in [0.15, 0.2) is 0 Å². The molecule has 6 fully saturated rings. The van der Waals surface area contributed by atoms with Crippen molar-refractivity contribution in [2.75, 3.05) is 45.9 Å². The fourth-order valence-electron chi connectivity index (χ4n) is 9.97. The van der Waals surface area contributed by atoms with Crippen LogP contribution in [0.2, 0.25) is 0 Å². The third kappa shape index (κ3) is 5.77. The molecule has 0 spiro atoms. The van der Waals surface area contributed by atoms with Crippen LogP contribution < -0.4 is 0 Å². The molecular formula is C34H61N3O. The van der Waals surface area contributed by atoms with E-state index in [-0.39, 0.29) is 5.54 Å². The summed E-state index contributed by atoms with van der Waals surface area (Å²) in [6.45, 7) is 23.8. The van der Waals surface area contributed by atoms with Crippen molar-refractivity contribution >= 4 is 0 Å². The highest BCUT2D eigenvalue weighted by atomic mass is 16.5. The molecule has 218 valence electrons. The molecule has 2 saturated carbocycles. The number of fused-ring (bicyclic) bond motifs is 3. The number of nitrogens with zero attached hydrogens (tertiary/aromatic N) is 3. The van der Waals surface area contributed by atoms with Gasteiger partial charge in [-0.3, -0.25) is 9.80 Å². The first kappa shape index (κ1) is 28.0. The molecular weight excluding hydrogens is 466 g/mol. The summed E-state index contributed by atoms with van der Waals surface area (Å²) in [5.74, 6) is 5.67. The van der Waals surface area contributed by atoms with E-state index in [0.29, 0.717) is 17.6 Å². The van der Waals surface area contributed by atoms with Gasteiger partial charge < -0.3 is 9.64 Å². The highest BCUT2D eigenvalue weighted by Crippen LogP contribution is 2.45. The van der Waals surface area contributed by atoms with Gasteiger partial charge in [0.15, 0.2) is 0 Å². The lowest BCUT2D eigenvalue weighted by Gasteiger charge is -2.48. The lowest BCUT2D eigenvalue weighted by Crippen LogP contribution is -2.55. The molecule has 0 aromatic heterocycles. The Morgan fingerprint density at radius 1 is 0.789 bits per heavy atom. The maximum absolute atomic E-state index is 6.62. The zero-order valence-corrected chi connectivity index (χ0v) is 26.0. The Hall–Kier alpha value is -0.160. The van der Waals surface area contributed by atoms with Crippen molar-refractivity contribution in [1.82, 2.24) is 14.7 Å². The van der Waals surface area contributed by atoms with Gasteiger partial charge in [0, 0.05) is 50.3 Å². The van der Waals surface area contributed by atoms with E-state index in [1.165, 1.54) is 96.9 Å². The molecule has 4 nitrogen and oxygen atoms in total. The minimum Gasteiger partial charge on any atom is -0.375 e. The van der Waals surface area contributed by atoms with Crippen LogP contribution in [0.4, 0.5) is 0 Å². The van der Waals surface area contributed by atoms with Gasteiger partial charge >= 0.3 is 0 Å². The van der Waals surface area contributed by atoms with E-state index in [2.05, 4.69) is 56.2 Å². The summed E-state index contributed by atoms with van der Waals surface area (Å²) in [7, 11) is 0. The van der Waals surface area contributed by atoms with E-state index in [0.717, 1.165) is 54.7 Å². The number of hydrogen-bond donors (Lipinski definition) is 0. The van der Waals surface area contributed by atoms with Crippen LogP contribution in [0.5, 0.6) is 0 Å². The monoisotopic (exact) mass is 527 g/mol. The molecule has 0 bridgehead atoms. The van der Waals surface area contributed by atoms with Crippen molar-refractivity contribution in [1.29, 1.82) is 0 Å². The van der Waals surface area contributed by atoms with E-state index in [1.807, 2.05) is 0 Å². The van der Waals surface area contributed by atoms with Crippen LogP contribution in [0, 0.1) is 40.9 Å². The molecule has 0 amide bonds. The quantitative estimate of drug-likeness (QED) is 0.390. The first-order valence-corrected chi connectivity index (χ1v) is 16.9. The minimum absolute atomic E-state index is 0.205. The average molecular weight is 528 g/mol. The summed E-state index contributed by atoms with van der Waals surface area (Å²) in [5.41, 5.74) is 0.605. The van der Waals surface area contributed by atoms with Crippen LogP contribution in [0.25, 0.3) is 0 Å². The smallest absolute Gasteiger partial charge is 0.0748 e. The standard InChI is InChI=1S/C34H61N3O/c1-24(35-13-12-26-10-11-29(26)21-35)16-25-17-27-8-7-9-28(27)22-37(20-25)34(5,6)19-32-31-18-30(33(2,3)4)23-36(31)14-15-38-32/h24-32H,7-23H2,1-6H3. The fourth-order valence-corrected chi connectivity index (χ4v) is 9.97. The van der Waals surface area contributed by atoms with Gasteiger partial charge in [-0.15, -0.1) is 0 Å². The number of hydrogen-bond acceptors (Lipinski definition) is 4. The second kappa shape index (κ2) is 10.9. The second-order valence-electron chi connectivity index (χ2n) is 16.7. The zero-order chi connectivity index (χ0) is 26.7. The average Bonchev–Trinajstić information content (AvgIpc) is 3.43. The SMILES string of the molecule is CC(CC1CC2CCCC2CN(C(C)(C)CC2OCCN3CC(C(C)(C)C)CC23)C1)N1CCC2CCC2C1. The molecule has 0 N–H and O–H groups in total. The molecule has 0 radical (unpaired) electrons. The summed E-state index contributed by atoms with van der Waals surface area (Å²) >= 11 is 0. The van der Waals surface area contributed by atoms with Crippen molar-refractivity contribution < 1.29 is 4.74 Å². The van der Waals surface area contributed by atoms with Gasteiger partial charge in [-0.25, -0.2) is 0 Å². The molecule has 0 aromatic rings. The largest absolute Gasteiger partial charge is 0.375 e. The molecule has 9 unspecified atom stereocenters. The number of rotatable bonds is 6. The van der Waals surface area contributed by atoms with E-state index in [4.69, 9.17) is 4.74 Å². The first-order valence-electron chi connectivity index (χ1n) is 16.9. The highest BCUT2D eigenvalue weighted by molar-refractivity contribution is 5.01. The Morgan fingerprint density at radius 2 is 1.55 bits per heavy atom. The molecule has 6 aliphatic rings. The maximum Gasteiger partial charge on any atom is 0.0748 e. The predicted molar refractivity (Wildman–Crippen MR) is 158 cm³/mol. The number of likely N-dealkylation sites (tertiary alicyclic amines) is 2. The van der Waals surface area contributed by atoms with Crippen molar-refractivity contribution in [3.8, 4) is 0 Å². The first-order chi connectivity index (χ1) is 18.1. The summed E-state index contributed by atoms with van der Waals surface area (Å²) in [6, 6.07) is 1.39. The van der Waals surface area contributed by atoms with Gasteiger partial charge in [-0.05, 0) is 120 Å². The molecule has 6 rings (SSSR count). The van der Waals surface area contributed by atoms with Gasteiger partial charge in [-0.2, -0.15) is 0 Å². The summed E-state index contributed by atoms with van der Waals surface area (Å²) < 4.78 is 6.62. The minimum atomic E-state index is 0.205.